The van der Waals surface area contributed by atoms with Gasteiger partial charge < -0.3 is 13.5 Å². The minimum atomic E-state index is -5.77. The minimum Gasteiger partial charge on any atom is -0.399 e. The maximum absolute atomic E-state index is 12.9. The lowest BCUT2D eigenvalue weighted by atomic mass is 9.78. The molecule has 620 valence electrons. The van der Waals surface area contributed by atoms with Crippen LogP contribution in [0.5, 0.6) is 5.75 Å². The standard InChI is InChI=1S/C54H36.C31H19F3O3S.C30H29BO2.2CH4/c1-3-14-37(15-4-1)40-18-11-19-41(32-40)42-20-12-21-43(33-42)44-22-13-23-45(34-44)46-30-28-38-29-31-47(36-48(38)35-46)54-51-26-9-7-24-49(51)53(39-16-5-2-6-17-39)50-25-8-10-27-52(50)54;32-31(33,34)38(35,36)37-24-17-16-20-14-15-22(18-23(20)19-24)30-27-12-6-4-10-25(27)29(21-8-2-1-3-9-21)26-11-5-7-13-28(26)30;1-29(2)30(3,4)33-31(32-29)28-18-10-17-27(21-28)26-16-9-15-25(20-26)24-14-8-13-23(19-24)22-11-6-5-7-12-22;;/h1-36H;1-19H;5-21H,1-4H3;2*1H4. The molecule has 1 saturated heterocycles. The highest BCUT2D eigenvalue weighted by molar-refractivity contribution is 7.88. The summed E-state index contributed by atoms with van der Waals surface area (Å²) < 4.78 is 78.6. The van der Waals surface area contributed by atoms with Gasteiger partial charge in [-0.2, -0.15) is 21.6 Å². The topological polar surface area (TPSA) is 61.8 Å². The minimum absolute atomic E-state index is 0. The maximum Gasteiger partial charge on any atom is 0.534 e. The molecule has 0 N–H and O–H groups in total. The van der Waals surface area contributed by atoms with E-state index in [4.69, 9.17) is 9.31 Å². The molecule has 1 aliphatic rings. The summed E-state index contributed by atoms with van der Waals surface area (Å²) in [5.74, 6) is -0.402. The van der Waals surface area contributed by atoms with Crippen molar-refractivity contribution in [2.24, 2.45) is 0 Å². The van der Waals surface area contributed by atoms with Crippen LogP contribution in [0.3, 0.4) is 0 Å². The summed E-state index contributed by atoms with van der Waals surface area (Å²) in [5, 5.41) is 13.0. The van der Waals surface area contributed by atoms with E-state index in [1.165, 1.54) is 145 Å². The highest BCUT2D eigenvalue weighted by Crippen LogP contribution is 2.48. The maximum atomic E-state index is 12.9. The largest absolute Gasteiger partial charge is 0.534 e. The Kier molecular flexibility index (Phi) is 23.7. The normalized spacial score (nSPS) is 12.8. The average molecular weight is 1680 g/mol. The molecule has 0 amide bonds. The molecule has 1 fully saturated rings. The van der Waals surface area contributed by atoms with Crippen LogP contribution < -0.4 is 9.65 Å². The van der Waals surface area contributed by atoms with E-state index in [1.807, 2.05) is 60.7 Å². The van der Waals surface area contributed by atoms with Crippen molar-refractivity contribution < 1.29 is 35.1 Å². The number of benzene rings is 20. The van der Waals surface area contributed by atoms with E-state index in [2.05, 4.69) is 390 Å². The second-order valence-corrected chi connectivity index (χ2v) is 34.3. The van der Waals surface area contributed by atoms with Crippen LogP contribution in [0.15, 0.2) is 437 Å². The van der Waals surface area contributed by atoms with E-state index in [0.29, 0.717) is 5.39 Å². The summed E-state index contributed by atoms with van der Waals surface area (Å²) in [6, 6.07) is 152. The summed E-state index contributed by atoms with van der Waals surface area (Å²) in [6.45, 7) is 8.35. The molecule has 0 radical (unpaired) electrons. The van der Waals surface area contributed by atoms with E-state index in [9.17, 15) is 21.6 Å². The van der Waals surface area contributed by atoms with Crippen LogP contribution in [0.4, 0.5) is 13.2 Å². The quantitative estimate of drug-likeness (QED) is 0.0470. The molecule has 0 saturated carbocycles. The molecule has 20 aromatic rings. The second-order valence-electron chi connectivity index (χ2n) is 32.7. The summed E-state index contributed by atoms with van der Waals surface area (Å²) in [4.78, 5) is 0. The van der Waals surface area contributed by atoms with E-state index >= 15 is 0 Å². The number of fused-ring (bicyclic) bond motifs is 6. The molecular formula is C117H92BF3O5S. The Morgan fingerprint density at radius 3 is 0.780 bits per heavy atom. The highest BCUT2D eigenvalue weighted by atomic mass is 32.2. The first-order chi connectivity index (χ1) is 60.8. The number of halogens is 3. The van der Waals surface area contributed by atoms with Gasteiger partial charge in [-0.05, 0) is 281 Å². The van der Waals surface area contributed by atoms with Gasteiger partial charge in [-0.25, -0.2) is 0 Å². The predicted octanol–water partition coefficient (Wildman–Crippen LogP) is 32.1. The monoisotopic (exact) mass is 1680 g/mol. The fraction of sp³-hybridized carbons (Fsp3) is 0.0769. The van der Waals surface area contributed by atoms with Crippen LogP contribution in [0.25, 0.3) is 187 Å². The van der Waals surface area contributed by atoms with Crippen LogP contribution >= 0.6 is 0 Å². The van der Waals surface area contributed by atoms with Crippen LogP contribution in [0.1, 0.15) is 42.5 Å². The first-order valence-corrected chi connectivity index (χ1v) is 43.4. The van der Waals surface area contributed by atoms with Gasteiger partial charge in [0.1, 0.15) is 5.75 Å². The van der Waals surface area contributed by atoms with Gasteiger partial charge in [0.2, 0.25) is 0 Å². The van der Waals surface area contributed by atoms with Gasteiger partial charge in [-0.3, -0.25) is 0 Å². The van der Waals surface area contributed by atoms with E-state index < -0.39 is 21.4 Å². The number of hydrogen-bond acceptors (Lipinski definition) is 5. The van der Waals surface area contributed by atoms with Gasteiger partial charge in [0, 0.05) is 0 Å². The Bertz CT molecular complexity index is 7460. The van der Waals surface area contributed by atoms with Crippen molar-refractivity contribution in [3.8, 4) is 128 Å². The Morgan fingerprint density at radius 1 is 0.236 bits per heavy atom. The zero-order valence-corrected chi connectivity index (χ0v) is 70.0. The molecule has 0 bridgehead atoms. The summed E-state index contributed by atoms with van der Waals surface area (Å²) >= 11 is 0. The fourth-order valence-corrected chi connectivity index (χ4v) is 17.8. The van der Waals surface area contributed by atoms with Crippen LogP contribution in [0.2, 0.25) is 0 Å². The summed E-state index contributed by atoms with van der Waals surface area (Å²) in [7, 11) is -6.13. The van der Waals surface area contributed by atoms with E-state index in [-0.39, 0.29) is 33.2 Å². The van der Waals surface area contributed by atoms with Crippen molar-refractivity contribution in [1.82, 2.24) is 0 Å². The van der Waals surface area contributed by atoms with Crippen molar-refractivity contribution in [3.63, 3.8) is 0 Å². The molecule has 0 aromatic heterocycles. The zero-order valence-electron chi connectivity index (χ0n) is 69.2. The van der Waals surface area contributed by atoms with Gasteiger partial charge >= 0.3 is 22.7 Å². The smallest absolute Gasteiger partial charge is 0.399 e. The first kappa shape index (κ1) is 84.7. The third kappa shape index (κ3) is 17.2. The summed E-state index contributed by atoms with van der Waals surface area (Å²) in [5.41, 5.74) is 20.8. The van der Waals surface area contributed by atoms with E-state index in [1.54, 1.807) is 0 Å². The molecule has 0 spiro atoms. The molecule has 0 unspecified atom stereocenters. The molecule has 127 heavy (non-hydrogen) atoms. The lowest BCUT2D eigenvalue weighted by molar-refractivity contribution is -0.0500. The molecule has 1 heterocycles. The van der Waals surface area contributed by atoms with Gasteiger partial charge in [-0.1, -0.05) is 391 Å². The average Bonchev–Trinajstić information content (AvgIpc) is 1.58. The third-order valence-corrected chi connectivity index (χ3v) is 25.3. The second kappa shape index (κ2) is 35.6. The zero-order chi connectivity index (χ0) is 85.4. The lowest BCUT2D eigenvalue weighted by Gasteiger charge is -2.32. The van der Waals surface area contributed by atoms with Crippen molar-refractivity contribution in [3.05, 3.63) is 437 Å². The molecule has 21 rings (SSSR count). The lowest BCUT2D eigenvalue weighted by Crippen LogP contribution is -2.41. The van der Waals surface area contributed by atoms with Crippen molar-refractivity contribution in [1.29, 1.82) is 0 Å². The number of alkyl halides is 3. The van der Waals surface area contributed by atoms with Gasteiger partial charge in [0.15, 0.2) is 0 Å². The predicted molar refractivity (Wildman–Crippen MR) is 529 cm³/mol. The molecule has 5 nitrogen and oxygen atoms in total. The van der Waals surface area contributed by atoms with Gasteiger partial charge in [-0.15, -0.1) is 0 Å². The van der Waals surface area contributed by atoms with Crippen LogP contribution in [-0.2, 0) is 19.4 Å². The Morgan fingerprint density at radius 2 is 0.465 bits per heavy atom. The molecule has 10 heteroatoms. The van der Waals surface area contributed by atoms with Crippen molar-refractivity contribution in [2.45, 2.75) is 59.3 Å². The van der Waals surface area contributed by atoms with Crippen molar-refractivity contribution >= 4 is 87.3 Å². The number of rotatable bonds is 14. The number of hydrogen-bond donors (Lipinski definition) is 0. The van der Waals surface area contributed by atoms with Crippen LogP contribution in [0, 0.1) is 0 Å². The molecule has 0 atom stereocenters. The third-order valence-electron chi connectivity index (χ3n) is 24.3. The highest BCUT2D eigenvalue weighted by Gasteiger charge is 2.52. The molecular weight excluding hydrogens is 1590 g/mol. The Hall–Kier alpha value is -14.5. The van der Waals surface area contributed by atoms with E-state index in [0.717, 1.165) is 60.2 Å². The van der Waals surface area contributed by atoms with Gasteiger partial charge in [0.05, 0.1) is 11.2 Å². The Balaban J connectivity index is 0.000000138. The van der Waals surface area contributed by atoms with Crippen molar-refractivity contribution in [2.75, 3.05) is 0 Å². The SMILES string of the molecule is C.C.CC1(C)OB(c2cccc(-c3cccc(-c4cccc(-c5ccccc5)c4)c3)c2)OC1(C)C.O=S(=O)(Oc1ccc2ccc(-c3c4ccccc4c(-c4ccccc4)c4ccccc34)cc2c1)C(F)(F)F.c1ccc(-c2cccc(-c3cccc(-c4cccc(-c5ccc6ccc(-c7c8ccccc8c(-c8ccccc8)c8ccccc78)cc6c5)c4)c3)c2)cc1. The van der Waals surface area contributed by atoms with Gasteiger partial charge in [0.25, 0.3) is 0 Å². The molecule has 0 aliphatic carbocycles. The fourth-order valence-electron chi connectivity index (χ4n) is 17.4. The molecule has 1 aliphatic heterocycles. The summed E-state index contributed by atoms with van der Waals surface area (Å²) in [6.07, 6.45) is 0. The molecule has 20 aromatic carbocycles. The Labute approximate surface area is 741 Å². The van der Waals surface area contributed by atoms with Crippen LogP contribution in [-0.4, -0.2) is 32.2 Å². The first-order valence-electron chi connectivity index (χ1n) is 42.0.